The van der Waals surface area contributed by atoms with Crippen LogP contribution in [-0.2, 0) is 6.61 Å². The van der Waals surface area contributed by atoms with Crippen LogP contribution in [0.25, 0.3) is 5.65 Å². The van der Waals surface area contributed by atoms with Crippen LogP contribution < -0.4 is 10.1 Å². The molecule has 0 atom stereocenters. The Kier molecular flexibility index (Phi) is 4.99. The van der Waals surface area contributed by atoms with Crippen molar-refractivity contribution in [3.63, 3.8) is 0 Å². The second kappa shape index (κ2) is 7.75. The number of rotatable bonds is 5. The van der Waals surface area contributed by atoms with Gasteiger partial charge in [0.1, 0.15) is 23.8 Å². The molecule has 0 unspecified atom stereocenters. The molecule has 2 aromatic heterocycles. The molecule has 0 saturated heterocycles. The normalized spacial score (nSPS) is 10.9. The van der Waals surface area contributed by atoms with Crippen molar-refractivity contribution in [2.75, 3.05) is 5.32 Å². The van der Waals surface area contributed by atoms with E-state index in [0.717, 1.165) is 16.9 Å². The Morgan fingerprint density at radius 2 is 1.90 bits per heavy atom. The van der Waals surface area contributed by atoms with Gasteiger partial charge in [-0.3, -0.25) is 4.79 Å². The molecular formula is C23H20FN3O2. The summed E-state index contributed by atoms with van der Waals surface area (Å²) in [4.78, 5) is 16.9. The molecular weight excluding hydrogens is 369 g/mol. The SMILES string of the molecule is Cc1ccc(NC(=O)c2ccc(OCc3cn4cccc(C)c4n3)cc2)cc1F. The zero-order valence-corrected chi connectivity index (χ0v) is 16.1. The quantitative estimate of drug-likeness (QED) is 0.527. The number of pyridine rings is 1. The maximum Gasteiger partial charge on any atom is 0.255 e. The van der Waals surface area contributed by atoms with E-state index >= 15 is 0 Å². The highest BCUT2D eigenvalue weighted by molar-refractivity contribution is 6.04. The summed E-state index contributed by atoms with van der Waals surface area (Å²) in [6.07, 6.45) is 3.89. The molecule has 2 aromatic carbocycles. The van der Waals surface area contributed by atoms with Crippen LogP contribution >= 0.6 is 0 Å². The molecule has 0 spiro atoms. The number of fused-ring (bicyclic) bond motifs is 1. The molecule has 1 amide bonds. The lowest BCUT2D eigenvalue weighted by Gasteiger charge is -2.08. The predicted molar refractivity (Wildman–Crippen MR) is 110 cm³/mol. The summed E-state index contributed by atoms with van der Waals surface area (Å²) in [6.45, 7) is 4.02. The molecule has 146 valence electrons. The van der Waals surface area contributed by atoms with Crippen LogP contribution in [0.2, 0.25) is 0 Å². The molecule has 5 nitrogen and oxygen atoms in total. The highest BCUT2D eigenvalue weighted by Crippen LogP contribution is 2.18. The van der Waals surface area contributed by atoms with Gasteiger partial charge in [0.05, 0.1) is 5.69 Å². The number of nitrogens with zero attached hydrogens (tertiary/aromatic N) is 2. The van der Waals surface area contributed by atoms with Crippen molar-refractivity contribution in [2.24, 2.45) is 0 Å². The van der Waals surface area contributed by atoms with Gasteiger partial charge in [-0.1, -0.05) is 12.1 Å². The third-order valence-corrected chi connectivity index (χ3v) is 4.66. The zero-order chi connectivity index (χ0) is 20.4. The lowest BCUT2D eigenvalue weighted by molar-refractivity contribution is 0.102. The summed E-state index contributed by atoms with van der Waals surface area (Å²) >= 11 is 0. The maximum atomic E-state index is 13.6. The largest absolute Gasteiger partial charge is 0.487 e. The number of aryl methyl sites for hydroxylation is 2. The Hall–Kier alpha value is -3.67. The van der Waals surface area contributed by atoms with Crippen LogP contribution in [0.15, 0.2) is 67.0 Å². The molecule has 0 bridgehead atoms. The van der Waals surface area contributed by atoms with Gasteiger partial charge in [-0.2, -0.15) is 0 Å². The van der Waals surface area contributed by atoms with Crippen LogP contribution in [0.5, 0.6) is 5.75 Å². The fourth-order valence-corrected chi connectivity index (χ4v) is 3.01. The standard InChI is InChI=1S/C23H20FN3O2/c1-15-5-8-18(12-21(15)24)26-23(28)17-6-9-20(10-7-17)29-14-19-13-27-11-3-4-16(2)22(27)25-19/h3-13H,14H2,1-2H3,(H,26,28). The predicted octanol–water partition coefficient (Wildman–Crippen LogP) is 4.92. The summed E-state index contributed by atoms with van der Waals surface area (Å²) in [5.41, 5.74) is 4.24. The average molecular weight is 389 g/mol. The first kappa shape index (κ1) is 18.7. The van der Waals surface area contributed by atoms with Crippen LogP contribution in [0.1, 0.15) is 27.2 Å². The van der Waals surface area contributed by atoms with E-state index in [2.05, 4.69) is 10.3 Å². The van der Waals surface area contributed by atoms with Crippen molar-refractivity contribution >= 4 is 17.2 Å². The van der Waals surface area contributed by atoms with E-state index in [-0.39, 0.29) is 11.7 Å². The smallest absolute Gasteiger partial charge is 0.255 e. The number of carbonyl (C=O) groups excluding carboxylic acids is 1. The Balaban J connectivity index is 1.39. The lowest BCUT2D eigenvalue weighted by atomic mass is 10.2. The first-order chi connectivity index (χ1) is 14.0. The molecule has 0 fully saturated rings. The molecule has 0 aliphatic carbocycles. The average Bonchev–Trinajstić information content (AvgIpc) is 3.14. The van der Waals surface area contributed by atoms with Crippen molar-refractivity contribution < 1.29 is 13.9 Å². The topological polar surface area (TPSA) is 55.6 Å². The highest BCUT2D eigenvalue weighted by atomic mass is 19.1. The highest BCUT2D eigenvalue weighted by Gasteiger charge is 2.09. The number of amides is 1. The van der Waals surface area contributed by atoms with Gasteiger partial charge in [0.2, 0.25) is 0 Å². The van der Waals surface area contributed by atoms with Crippen molar-refractivity contribution in [2.45, 2.75) is 20.5 Å². The Morgan fingerprint density at radius 3 is 2.62 bits per heavy atom. The van der Waals surface area contributed by atoms with Crippen molar-refractivity contribution in [1.29, 1.82) is 0 Å². The monoisotopic (exact) mass is 389 g/mol. The van der Waals surface area contributed by atoms with Crippen molar-refractivity contribution in [1.82, 2.24) is 9.38 Å². The summed E-state index contributed by atoms with van der Waals surface area (Å²) in [6, 6.07) is 15.4. The molecule has 4 aromatic rings. The van der Waals surface area contributed by atoms with Crippen LogP contribution in [0, 0.1) is 19.7 Å². The Morgan fingerprint density at radius 1 is 1.10 bits per heavy atom. The Labute approximate surface area is 167 Å². The number of carbonyl (C=O) groups is 1. The third kappa shape index (κ3) is 4.11. The molecule has 29 heavy (non-hydrogen) atoms. The summed E-state index contributed by atoms with van der Waals surface area (Å²) < 4.78 is 21.4. The molecule has 2 heterocycles. The van der Waals surface area contributed by atoms with Crippen molar-refractivity contribution in [3.8, 4) is 5.75 Å². The minimum absolute atomic E-state index is 0.310. The first-order valence-corrected chi connectivity index (χ1v) is 9.23. The fourth-order valence-electron chi connectivity index (χ4n) is 3.01. The van der Waals surface area contributed by atoms with Crippen LogP contribution in [0.4, 0.5) is 10.1 Å². The van der Waals surface area contributed by atoms with E-state index in [4.69, 9.17) is 4.74 Å². The number of benzene rings is 2. The first-order valence-electron chi connectivity index (χ1n) is 9.23. The van der Waals surface area contributed by atoms with Gasteiger partial charge in [0, 0.05) is 23.6 Å². The number of imidazole rings is 1. The minimum Gasteiger partial charge on any atom is -0.487 e. The summed E-state index contributed by atoms with van der Waals surface area (Å²) in [7, 11) is 0. The number of hydrogen-bond donors (Lipinski definition) is 1. The van der Waals surface area contributed by atoms with Crippen LogP contribution in [0.3, 0.4) is 0 Å². The molecule has 0 aliphatic heterocycles. The lowest BCUT2D eigenvalue weighted by Crippen LogP contribution is -2.12. The van der Waals surface area contributed by atoms with E-state index in [0.29, 0.717) is 29.2 Å². The molecule has 0 radical (unpaired) electrons. The fraction of sp³-hybridized carbons (Fsp3) is 0.130. The van der Waals surface area contributed by atoms with E-state index in [1.54, 1.807) is 43.3 Å². The second-order valence-electron chi connectivity index (χ2n) is 6.89. The van der Waals surface area contributed by atoms with E-state index < -0.39 is 0 Å². The number of nitrogens with one attached hydrogen (secondary N) is 1. The molecule has 4 rings (SSSR count). The summed E-state index contributed by atoms with van der Waals surface area (Å²) in [5, 5.41) is 2.69. The molecule has 6 heteroatoms. The third-order valence-electron chi connectivity index (χ3n) is 4.66. The van der Waals surface area contributed by atoms with Crippen molar-refractivity contribution in [3.05, 3.63) is 95.2 Å². The summed E-state index contributed by atoms with van der Waals surface area (Å²) in [5.74, 6) is -0.0268. The van der Waals surface area contributed by atoms with Gasteiger partial charge in [0.25, 0.3) is 5.91 Å². The van der Waals surface area contributed by atoms with Gasteiger partial charge in [0.15, 0.2) is 0 Å². The van der Waals surface area contributed by atoms with Gasteiger partial charge < -0.3 is 14.5 Å². The molecule has 1 N–H and O–H groups in total. The minimum atomic E-state index is -0.353. The number of anilines is 1. The number of ether oxygens (including phenoxy) is 1. The van der Waals surface area contributed by atoms with E-state index in [9.17, 15) is 9.18 Å². The van der Waals surface area contributed by atoms with Gasteiger partial charge in [-0.25, -0.2) is 9.37 Å². The number of aromatic nitrogens is 2. The number of halogens is 1. The van der Waals surface area contributed by atoms with Crippen LogP contribution in [-0.4, -0.2) is 15.3 Å². The Bertz CT molecular complexity index is 1180. The van der Waals surface area contributed by atoms with Gasteiger partial charge >= 0.3 is 0 Å². The maximum absolute atomic E-state index is 13.6. The van der Waals surface area contributed by atoms with Gasteiger partial charge in [-0.15, -0.1) is 0 Å². The van der Waals surface area contributed by atoms with Gasteiger partial charge in [-0.05, 0) is 67.4 Å². The molecule has 0 aliphatic rings. The number of hydrogen-bond acceptors (Lipinski definition) is 3. The second-order valence-corrected chi connectivity index (χ2v) is 6.89. The van der Waals surface area contributed by atoms with E-state index in [1.165, 1.54) is 6.07 Å². The zero-order valence-electron chi connectivity index (χ0n) is 16.1. The van der Waals surface area contributed by atoms with E-state index in [1.807, 2.05) is 35.9 Å². The molecule has 0 saturated carbocycles.